The number of nitrogens with one attached hydrogen (secondary N) is 1. The van der Waals surface area contributed by atoms with Gasteiger partial charge in [-0.05, 0) is 43.9 Å². The van der Waals surface area contributed by atoms with Crippen LogP contribution >= 0.6 is 0 Å². The van der Waals surface area contributed by atoms with E-state index >= 15 is 0 Å². The fourth-order valence-electron chi connectivity index (χ4n) is 4.16. The molecule has 0 unspecified atom stereocenters. The van der Waals surface area contributed by atoms with Crippen LogP contribution in [-0.4, -0.2) is 44.5 Å². The van der Waals surface area contributed by atoms with Crippen molar-refractivity contribution < 1.29 is 14.1 Å². The lowest BCUT2D eigenvalue weighted by molar-refractivity contribution is -0.132. The molecule has 0 aliphatic carbocycles. The molecule has 0 spiro atoms. The van der Waals surface area contributed by atoms with E-state index in [9.17, 15) is 9.59 Å². The van der Waals surface area contributed by atoms with Crippen molar-refractivity contribution in [2.24, 2.45) is 5.41 Å². The summed E-state index contributed by atoms with van der Waals surface area (Å²) < 4.78 is 7.22. The van der Waals surface area contributed by atoms with Crippen molar-refractivity contribution >= 4 is 11.8 Å². The molecule has 1 atom stereocenters. The predicted molar refractivity (Wildman–Crippen MR) is 119 cm³/mol. The fraction of sp³-hybridized carbons (Fsp3) is 0.417. The first kappa shape index (κ1) is 21.8. The molecule has 0 saturated carbocycles. The van der Waals surface area contributed by atoms with Gasteiger partial charge in [0.25, 0.3) is 5.91 Å². The van der Waals surface area contributed by atoms with Gasteiger partial charge in [0.15, 0.2) is 5.76 Å². The Morgan fingerprint density at radius 2 is 2.16 bits per heavy atom. The third kappa shape index (κ3) is 4.90. The first-order valence-electron chi connectivity index (χ1n) is 11.0. The van der Waals surface area contributed by atoms with Crippen LogP contribution in [0.5, 0.6) is 0 Å². The highest BCUT2D eigenvalue weighted by molar-refractivity contribution is 5.95. The Morgan fingerprint density at radius 1 is 1.28 bits per heavy atom. The Kier molecular flexibility index (Phi) is 6.39. The van der Waals surface area contributed by atoms with Gasteiger partial charge in [-0.1, -0.05) is 24.2 Å². The Hall–Kier alpha value is -3.42. The number of amides is 2. The number of nitrogens with zero attached hydrogens (tertiary/aromatic N) is 4. The van der Waals surface area contributed by atoms with Crippen molar-refractivity contribution in [3.8, 4) is 0 Å². The van der Waals surface area contributed by atoms with Gasteiger partial charge in [0.2, 0.25) is 5.91 Å². The van der Waals surface area contributed by atoms with Crippen LogP contribution in [0.25, 0.3) is 0 Å². The summed E-state index contributed by atoms with van der Waals surface area (Å²) in [6, 6.07) is 9.51. The van der Waals surface area contributed by atoms with Gasteiger partial charge in [0.1, 0.15) is 0 Å². The molecule has 3 aromatic rings. The van der Waals surface area contributed by atoms with Crippen LogP contribution < -0.4 is 5.32 Å². The van der Waals surface area contributed by atoms with E-state index in [4.69, 9.17) is 4.52 Å². The van der Waals surface area contributed by atoms with Crippen LogP contribution in [-0.2, 0) is 24.3 Å². The molecule has 1 aromatic carbocycles. The number of benzene rings is 1. The SMILES string of the molecule is CCc1cc(CNC(=O)[C@@]2(C)CCCN(C(=O)c3cccc(Cn4ccnc4)c3)C2)on1. The number of likely N-dealkylation sites (tertiary alicyclic amines) is 1. The molecule has 0 radical (unpaired) electrons. The zero-order valence-corrected chi connectivity index (χ0v) is 18.6. The highest BCUT2D eigenvalue weighted by atomic mass is 16.5. The molecule has 8 nitrogen and oxygen atoms in total. The van der Waals surface area contributed by atoms with Crippen LogP contribution in [0.1, 0.15) is 54.1 Å². The van der Waals surface area contributed by atoms with Crippen LogP contribution in [0.4, 0.5) is 0 Å². The normalized spacial score (nSPS) is 18.5. The predicted octanol–water partition coefficient (Wildman–Crippen LogP) is 3.04. The number of imidazole rings is 1. The highest BCUT2D eigenvalue weighted by Gasteiger charge is 2.39. The Bertz CT molecular complexity index is 1080. The van der Waals surface area contributed by atoms with E-state index in [1.54, 1.807) is 17.4 Å². The highest BCUT2D eigenvalue weighted by Crippen LogP contribution is 2.31. The average Bonchev–Trinajstić information content (AvgIpc) is 3.49. The van der Waals surface area contributed by atoms with Crippen LogP contribution in [0, 0.1) is 5.41 Å². The molecule has 1 N–H and O–H groups in total. The molecule has 4 rings (SSSR count). The minimum atomic E-state index is -0.643. The Morgan fingerprint density at radius 3 is 2.91 bits per heavy atom. The lowest BCUT2D eigenvalue weighted by Crippen LogP contribution is -2.51. The number of hydrogen-bond acceptors (Lipinski definition) is 5. The number of aryl methyl sites for hydroxylation is 1. The van der Waals surface area contributed by atoms with E-state index in [-0.39, 0.29) is 11.8 Å². The van der Waals surface area contributed by atoms with Gasteiger partial charge in [-0.15, -0.1) is 0 Å². The lowest BCUT2D eigenvalue weighted by Gasteiger charge is -2.39. The maximum absolute atomic E-state index is 13.2. The van der Waals surface area contributed by atoms with Gasteiger partial charge in [0.05, 0.1) is 24.0 Å². The van der Waals surface area contributed by atoms with Gasteiger partial charge in [-0.3, -0.25) is 9.59 Å². The number of carbonyl (C=O) groups is 2. The van der Waals surface area contributed by atoms with Crippen molar-refractivity contribution in [1.29, 1.82) is 0 Å². The largest absolute Gasteiger partial charge is 0.359 e. The van der Waals surface area contributed by atoms with E-state index in [1.807, 2.05) is 54.9 Å². The van der Waals surface area contributed by atoms with Crippen molar-refractivity contribution in [3.05, 3.63) is 71.6 Å². The van der Waals surface area contributed by atoms with E-state index in [0.29, 0.717) is 37.5 Å². The quantitative estimate of drug-likeness (QED) is 0.616. The molecule has 32 heavy (non-hydrogen) atoms. The zero-order valence-electron chi connectivity index (χ0n) is 18.6. The molecule has 1 fully saturated rings. The van der Waals surface area contributed by atoms with Crippen LogP contribution in [0.2, 0.25) is 0 Å². The molecule has 0 bridgehead atoms. The molecular weight excluding hydrogens is 406 g/mol. The van der Waals surface area contributed by atoms with Crippen LogP contribution in [0.15, 0.2) is 53.6 Å². The summed E-state index contributed by atoms with van der Waals surface area (Å²) in [6.45, 7) is 5.92. The Labute approximate surface area is 187 Å². The number of hydrogen-bond donors (Lipinski definition) is 1. The molecule has 1 saturated heterocycles. The third-order valence-electron chi connectivity index (χ3n) is 6.02. The minimum absolute atomic E-state index is 0.0426. The fourth-order valence-corrected chi connectivity index (χ4v) is 4.16. The summed E-state index contributed by atoms with van der Waals surface area (Å²) in [4.78, 5) is 32.1. The summed E-state index contributed by atoms with van der Waals surface area (Å²) in [5, 5.41) is 6.92. The van der Waals surface area contributed by atoms with Gasteiger partial charge in [0, 0.05) is 43.7 Å². The maximum Gasteiger partial charge on any atom is 0.253 e. The van der Waals surface area contributed by atoms with Gasteiger partial charge >= 0.3 is 0 Å². The smallest absolute Gasteiger partial charge is 0.253 e. The average molecular weight is 436 g/mol. The standard InChI is InChI=1S/C24H29N5O3/c1-3-20-13-21(32-27-20)14-26-23(31)24(2)8-5-10-29(16-24)22(30)19-7-4-6-18(12-19)15-28-11-9-25-17-28/h4,6-7,9,11-13,17H,3,5,8,10,14-16H2,1-2H3,(H,26,31)/t24-/m0/s1. The van der Waals surface area contributed by atoms with Crippen molar-refractivity contribution in [1.82, 2.24) is 24.9 Å². The van der Waals surface area contributed by atoms with E-state index < -0.39 is 5.41 Å². The second kappa shape index (κ2) is 9.38. The second-order valence-electron chi connectivity index (χ2n) is 8.65. The summed E-state index contributed by atoms with van der Waals surface area (Å²) in [5.74, 6) is 0.523. The first-order chi connectivity index (χ1) is 15.5. The first-order valence-corrected chi connectivity index (χ1v) is 11.0. The van der Waals surface area contributed by atoms with Gasteiger partial charge < -0.3 is 19.3 Å². The minimum Gasteiger partial charge on any atom is -0.359 e. The molecule has 2 aromatic heterocycles. The molecule has 2 amide bonds. The number of aromatic nitrogens is 3. The van der Waals surface area contributed by atoms with Crippen LogP contribution in [0.3, 0.4) is 0 Å². The summed E-state index contributed by atoms with van der Waals surface area (Å²) in [5.41, 5.74) is 1.90. The van der Waals surface area contributed by atoms with Crippen molar-refractivity contribution in [2.75, 3.05) is 13.1 Å². The maximum atomic E-state index is 13.2. The zero-order chi connectivity index (χ0) is 22.6. The van der Waals surface area contributed by atoms with Gasteiger partial charge in [-0.2, -0.15) is 0 Å². The third-order valence-corrected chi connectivity index (χ3v) is 6.02. The lowest BCUT2D eigenvalue weighted by atomic mass is 9.80. The number of carbonyl (C=O) groups excluding carboxylic acids is 2. The summed E-state index contributed by atoms with van der Waals surface area (Å²) in [6.07, 6.45) is 7.69. The van der Waals surface area contributed by atoms with Crippen molar-refractivity contribution in [3.63, 3.8) is 0 Å². The molecule has 1 aliphatic rings. The molecule has 8 heteroatoms. The van der Waals surface area contributed by atoms with Gasteiger partial charge in [-0.25, -0.2) is 4.98 Å². The second-order valence-corrected chi connectivity index (χ2v) is 8.65. The topological polar surface area (TPSA) is 93.3 Å². The molecular formula is C24H29N5O3. The van der Waals surface area contributed by atoms with E-state index in [1.165, 1.54) is 0 Å². The van der Waals surface area contributed by atoms with Crippen molar-refractivity contribution in [2.45, 2.75) is 46.2 Å². The molecule has 3 heterocycles. The number of rotatable bonds is 7. The molecule has 168 valence electrons. The molecule has 1 aliphatic heterocycles. The summed E-state index contributed by atoms with van der Waals surface area (Å²) >= 11 is 0. The van der Waals surface area contributed by atoms with E-state index in [0.717, 1.165) is 30.5 Å². The Balaban J connectivity index is 1.40. The number of piperidine rings is 1. The van der Waals surface area contributed by atoms with E-state index in [2.05, 4.69) is 15.5 Å². The summed E-state index contributed by atoms with van der Waals surface area (Å²) in [7, 11) is 0. The monoisotopic (exact) mass is 435 g/mol.